The van der Waals surface area contributed by atoms with Gasteiger partial charge in [0.1, 0.15) is 16.2 Å². The Balaban J connectivity index is 1.66. The molecule has 0 saturated heterocycles. The van der Waals surface area contributed by atoms with Crippen LogP contribution in [0.5, 0.6) is 17.2 Å². The van der Waals surface area contributed by atoms with Gasteiger partial charge in [0.15, 0.2) is 11.5 Å². The Labute approximate surface area is 190 Å². The number of thiophene rings is 1. The SMILES string of the molecule is COc1cc(/C(C#N)=C/c2cccc3c2C=CC(C)(C)O3)ccc1OC(=O)c1cccs1. The van der Waals surface area contributed by atoms with Crippen molar-refractivity contribution in [3.05, 3.63) is 81.6 Å². The summed E-state index contributed by atoms with van der Waals surface area (Å²) < 4.78 is 16.9. The van der Waals surface area contributed by atoms with Gasteiger partial charge in [0.05, 0.1) is 18.8 Å². The first-order valence-corrected chi connectivity index (χ1v) is 10.9. The van der Waals surface area contributed by atoms with Crippen LogP contribution in [0.3, 0.4) is 0 Å². The Morgan fingerprint density at radius 1 is 1.16 bits per heavy atom. The molecule has 0 radical (unpaired) electrons. The number of benzene rings is 2. The van der Waals surface area contributed by atoms with Gasteiger partial charge in [-0.15, -0.1) is 11.3 Å². The van der Waals surface area contributed by atoms with E-state index in [2.05, 4.69) is 6.07 Å². The topological polar surface area (TPSA) is 68.6 Å². The van der Waals surface area contributed by atoms with Crippen LogP contribution in [0.4, 0.5) is 0 Å². The number of nitriles is 1. The highest BCUT2D eigenvalue weighted by Gasteiger charge is 2.23. The number of hydrogen-bond donors (Lipinski definition) is 0. The van der Waals surface area contributed by atoms with Crippen molar-refractivity contribution >= 4 is 35.0 Å². The molecule has 0 bridgehead atoms. The van der Waals surface area contributed by atoms with Crippen molar-refractivity contribution in [2.75, 3.05) is 7.11 Å². The van der Waals surface area contributed by atoms with Crippen LogP contribution in [-0.2, 0) is 0 Å². The summed E-state index contributed by atoms with van der Waals surface area (Å²) in [5.41, 5.74) is 2.52. The van der Waals surface area contributed by atoms with Crippen molar-refractivity contribution in [3.63, 3.8) is 0 Å². The van der Waals surface area contributed by atoms with Crippen molar-refractivity contribution in [1.82, 2.24) is 0 Å². The lowest BCUT2D eigenvalue weighted by Gasteiger charge is -2.28. The van der Waals surface area contributed by atoms with Crippen molar-refractivity contribution in [1.29, 1.82) is 5.26 Å². The molecule has 0 atom stereocenters. The van der Waals surface area contributed by atoms with Gasteiger partial charge in [0, 0.05) is 5.56 Å². The predicted molar refractivity (Wildman–Crippen MR) is 126 cm³/mol. The van der Waals surface area contributed by atoms with Gasteiger partial charge in [-0.3, -0.25) is 0 Å². The molecular formula is C26H21NO4S. The van der Waals surface area contributed by atoms with Crippen LogP contribution in [0.1, 0.15) is 40.2 Å². The molecular weight excluding hydrogens is 422 g/mol. The molecule has 5 nitrogen and oxygen atoms in total. The number of hydrogen-bond acceptors (Lipinski definition) is 6. The summed E-state index contributed by atoms with van der Waals surface area (Å²) in [6.07, 6.45) is 5.84. The molecule has 0 saturated carbocycles. The maximum absolute atomic E-state index is 12.3. The summed E-state index contributed by atoms with van der Waals surface area (Å²) in [5, 5.41) is 11.6. The summed E-state index contributed by atoms with van der Waals surface area (Å²) in [4.78, 5) is 12.8. The van der Waals surface area contributed by atoms with E-state index in [1.54, 1.807) is 30.3 Å². The molecule has 1 aliphatic heterocycles. The molecule has 0 unspecified atom stereocenters. The first-order chi connectivity index (χ1) is 15.4. The standard InChI is InChI=1S/C26H21NO4S/c1-26(2)12-11-20-18(6-4-7-21(20)31-26)14-19(16-27)17-9-10-22(23(15-17)29-3)30-25(28)24-8-5-13-32-24/h4-15H,1-3H3/b19-14+. The fourth-order valence-corrected chi connectivity index (χ4v) is 3.95. The zero-order valence-corrected chi connectivity index (χ0v) is 18.7. The lowest BCUT2D eigenvalue weighted by Crippen LogP contribution is -2.27. The summed E-state index contributed by atoms with van der Waals surface area (Å²) in [5.74, 6) is 0.987. The zero-order valence-electron chi connectivity index (χ0n) is 17.9. The quantitative estimate of drug-likeness (QED) is 0.203. The third kappa shape index (κ3) is 4.43. The monoisotopic (exact) mass is 443 g/mol. The van der Waals surface area contributed by atoms with Crippen molar-refractivity contribution in [2.24, 2.45) is 0 Å². The fourth-order valence-electron chi connectivity index (χ4n) is 3.36. The number of esters is 1. The smallest absolute Gasteiger partial charge is 0.353 e. The van der Waals surface area contributed by atoms with E-state index in [0.717, 1.165) is 16.9 Å². The molecule has 160 valence electrons. The lowest BCUT2D eigenvalue weighted by atomic mass is 9.96. The van der Waals surface area contributed by atoms with Gasteiger partial charge in [0.2, 0.25) is 0 Å². The van der Waals surface area contributed by atoms with E-state index in [1.165, 1.54) is 18.4 Å². The summed E-state index contributed by atoms with van der Waals surface area (Å²) >= 11 is 1.30. The van der Waals surface area contributed by atoms with Gasteiger partial charge in [-0.1, -0.05) is 24.3 Å². The number of nitrogens with zero attached hydrogens (tertiary/aromatic N) is 1. The molecule has 2 heterocycles. The Kier molecular flexibility index (Phi) is 5.85. The second-order valence-corrected chi connectivity index (χ2v) is 8.65. The Morgan fingerprint density at radius 2 is 2.00 bits per heavy atom. The average molecular weight is 444 g/mol. The first-order valence-electron chi connectivity index (χ1n) is 9.97. The van der Waals surface area contributed by atoms with E-state index >= 15 is 0 Å². The second kappa shape index (κ2) is 8.74. The van der Waals surface area contributed by atoms with Gasteiger partial charge in [0.25, 0.3) is 0 Å². The van der Waals surface area contributed by atoms with Crippen LogP contribution in [0.2, 0.25) is 0 Å². The van der Waals surface area contributed by atoms with Crippen LogP contribution in [0, 0.1) is 11.3 Å². The molecule has 0 amide bonds. The second-order valence-electron chi connectivity index (χ2n) is 7.70. The van der Waals surface area contributed by atoms with E-state index in [-0.39, 0.29) is 5.60 Å². The summed E-state index contributed by atoms with van der Waals surface area (Å²) in [7, 11) is 1.49. The minimum Gasteiger partial charge on any atom is -0.493 e. The number of fused-ring (bicyclic) bond motifs is 1. The maximum atomic E-state index is 12.3. The molecule has 6 heteroatoms. The Hall–Kier alpha value is -3.82. The van der Waals surface area contributed by atoms with Crippen molar-refractivity contribution in [2.45, 2.75) is 19.4 Å². The number of rotatable bonds is 5. The zero-order chi connectivity index (χ0) is 22.7. The van der Waals surface area contributed by atoms with Gasteiger partial charge in [-0.25, -0.2) is 4.79 Å². The van der Waals surface area contributed by atoms with Crippen LogP contribution in [-0.4, -0.2) is 18.7 Å². The minimum absolute atomic E-state index is 0.294. The molecule has 0 fully saturated rings. The van der Waals surface area contributed by atoms with Gasteiger partial charge in [-0.05, 0) is 72.8 Å². The van der Waals surface area contributed by atoms with Crippen LogP contribution < -0.4 is 14.2 Å². The third-order valence-corrected chi connectivity index (χ3v) is 5.79. The number of carbonyl (C=O) groups is 1. The van der Waals surface area contributed by atoms with Crippen LogP contribution >= 0.6 is 11.3 Å². The predicted octanol–water partition coefficient (Wildman–Crippen LogP) is 6.22. The third-order valence-electron chi connectivity index (χ3n) is 4.94. The molecule has 4 rings (SSSR count). The highest BCUT2D eigenvalue weighted by atomic mass is 32.1. The van der Waals surface area contributed by atoms with Gasteiger partial charge >= 0.3 is 5.97 Å². The molecule has 0 aliphatic carbocycles. The summed E-state index contributed by atoms with van der Waals surface area (Å²) in [6, 6.07) is 16.6. The normalized spacial score (nSPS) is 14.1. The average Bonchev–Trinajstić information content (AvgIpc) is 3.32. The lowest BCUT2D eigenvalue weighted by molar-refractivity contribution is 0.0735. The molecule has 0 N–H and O–H groups in total. The first kappa shape index (κ1) is 21.4. The molecule has 2 aromatic carbocycles. The molecule has 1 aromatic heterocycles. The minimum atomic E-state index is -0.451. The van der Waals surface area contributed by atoms with E-state index in [4.69, 9.17) is 14.2 Å². The molecule has 1 aliphatic rings. The maximum Gasteiger partial charge on any atom is 0.353 e. The van der Waals surface area contributed by atoms with Crippen LogP contribution in [0.25, 0.3) is 17.7 Å². The largest absolute Gasteiger partial charge is 0.493 e. The van der Waals surface area contributed by atoms with Gasteiger partial charge in [-0.2, -0.15) is 5.26 Å². The van der Waals surface area contributed by atoms with E-state index in [1.807, 2.05) is 55.7 Å². The van der Waals surface area contributed by atoms with Crippen LogP contribution in [0.15, 0.2) is 60.0 Å². The highest BCUT2D eigenvalue weighted by Crippen LogP contribution is 2.36. The Morgan fingerprint density at radius 3 is 2.72 bits per heavy atom. The van der Waals surface area contributed by atoms with E-state index in [0.29, 0.717) is 27.5 Å². The summed E-state index contributed by atoms with van der Waals surface area (Å²) in [6.45, 7) is 3.99. The molecule has 32 heavy (non-hydrogen) atoms. The van der Waals surface area contributed by atoms with E-state index < -0.39 is 5.97 Å². The number of ether oxygens (including phenoxy) is 3. The van der Waals surface area contributed by atoms with Crippen molar-refractivity contribution < 1.29 is 19.0 Å². The van der Waals surface area contributed by atoms with Crippen molar-refractivity contribution in [3.8, 4) is 23.3 Å². The fraction of sp³-hybridized carbons (Fsp3) is 0.154. The number of carbonyl (C=O) groups excluding carboxylic acids is 1. The van der Waals surface area contributed by atoms with Gasteiger partial charge < -0.3 is 14.2 Å². The Bertz CT molecular complexity index is 1260. The van der Waals surface area contributed by atoms with E-state index in [9.17, 15) is 10.1 Å². The molecule has 3 aromatic rings. The molecule has 0 spiro atoms. The number of methoxy groups -OCH3 is 1. The highest BCUT2D eigenvalue weighted by molar-refractivity contribution is 7.12. The number of allylic oxidation sites excluding steroid dienone is 1.